The van der Waals surface area contributed by atoms with Gasteiger partial charge in [0.2, 0.25) is 0 Å². The minimum atomic E-state index is -0.178. The van der Waals surface area contributed by atoms with Crippen LogP contribution in [0.1, 0.15) is 17.9 Å². The second-order valence-electron chi connectivity index (χ2n) is 3.64. The van der Waals surface area contributed by atoms with E-state index < -0.39 is 0 Å². The number of carbonyl (C=O) groups is 1. The van der Waals surface area contributed by atoms with Crippen molar-refractivity contribution in [2.24, 2.45) is 0 Å². The largest absolute Gasteiger partial charge is 0.469 e. The Morgan fingerprint density at radius 2 is 2.40 bits per heavy atom. The van der Waals surface area contributed by atoms with Crippen LogP contribution in [0.25, 0.3) is 0 Å². The summed E-state index contributed by atoms with van der Waals surface area (Å²) in [5, 5.41) is 3.22. The highest BCUT2D eigenvalue weighted by Gasteiger charge is 2.26. The topological polar surface area (TPSA) is 64.3 Å². The maximum atomic E-state index is 11.5. The Bertz CT molecular complexity index is 390. The van der Waals surface area contributed by atoms with Gasteiger partial charge in [-0.3, -0.25) is 4.79 Å². The summed E-state index contributed by atoms with van der Waals surface area (Å²) in [5.41, 5.74) is 8.30. The average molecular weight is 206 g/mol. The van der Waals surface area contributed by atoms with E-state index in [1.807, 2.05) is 18.2 Å². The van der Waals surface area contributed by atoms with E-state index >= 15 is 0 Å². The van der Waals surface area contributed by atoms with Crippen LogP contribution < -0.4 is 11.1 Å². The van der Waals surface area contributed by atoms with Crippen molar-refractivity contribution >= 4 is 17.3 Å². The standard InChI is InChI=1S/C11H14N2O2/c1-15-11(14)9-4-5-13-10-6-7(12)2-3-8(9)10/h2-3,6,9,13H,4-5,12H2,1H3/t9-/m1/s1. The summed E-state index contributed by atoms with van der Waals surface area (Å²) in [6, 6.07) is 5.55. The third-order valence-corrected chi connectivity index (χ3v) is 2.69. The number of benzene rings is 1. The van der Waals surface area contributed by atoms with Crippen LogP contribution in [0.2, 0.25) is 0 Å². The van der Waals surface area contributed by atoms with Gasteiger partial charge in [0, 0.05) is 17.9 Å². The molecule has 3 N–H and O–H groups in total. The lowest BCUT2D eigenvalue weighted by molar-refractivity contribution is -0.142. The molecule has 4 heteroatoms. The van der Waals surface area contributed by atoms with Crippen molar-refractivity contribution in [1.29, 1.82) is 0 Å². The van der Waals surface area contributed by atoms with Gasteiger partial charge in [0.1, 0.15) is 0 Å². The van der Waals surface area contributed by atoms with Gasteiger partial charge in [-0.15, -0.1) is 0 Å². The second-order valence-corrected chi connectivity index (χ2v) is 3.64. The first kappa shape index (κ1) is 9.83. The summed E-state index contributed by atoms with van der Waals surface area (Å²) in [7, 11) is 1.42. The third kappa shape index (κ3) is 1.75. The predicted octanol–water partition coefficient (Wildman–Crippen LogP) is 1.34. The summed E-state index contributed by atoms with van der Waals surface area (Å²) in [5.74, 6) is -0.339. The molecule has 0 amide bonds. The van der Waals surface area contributed by atoms with Crippen molar-refractivity contribution in [2.45, 2.75) is 12.3 Å². The summed E-state index contributed by atoms with van der Waals surface area (Å²) >= 11 is 0. The van der Waals surface area contributed by atoms with Gasteiger partial charge in [0.25, 0.3) is 0 Å². The second kappa shape index (κ2) is 3.81. The van der Waals surface area contributed by atoms with E-state index in [2.05, 4.69) is 5.32 Å². The van der Waals surface area contributed by atoms with Crippen LogP contribution in [-0.4, -0.2) is 19.6 Å². The molecule has 1 aliphatic rings. The van der Waals surface area contributed by atoms with Crippen molar-refractivity contribution in [3.63, 3.8) is 0 Å². The van der Waals surface area contributed by atoms with Crippen molar-refractivity contribution < 1.29 is 9.53 Å². The molecular formula is C11H14N2O2. The molecule has 1 atom stereocenters. The fourth-order valence-electron chi connectivity index (χ4n) is 1.92. The molecule has 0 spiro atoms. The number of carbonyl (C=O) groups excluding carboxylic acids is 1. The summed E-state index contributed by atoms with van der Waals surface area (Å²) in [6.45, 7) is 0.774. The number of anilines is 2. The number of hydrogen-bond acceptors (Lipinski definition) is 4. The third-order valence-electron chi connectivity index (χ3n) is 2.69. The smallest absolute Gasteiger partial charge is 0.313 e. The fraction of sp³-hybridized carbons (Fsp3) is 0.364. The normalized spacial score (nSPS) is 18.9. The first-order valence-corrected chi connectivity index (χ1v) is 4.93. The van der Waals surface area contributed by atoms with Gasteiger partial charge in [0.05, 0.1) is 13.0 Å². The van der Waals surface area contributed by atoms with E-state index in [1.54, 1.807) is 0 Å². The number of nitrogens with two attached hydrogens (primary N) is 1. The van der Waals surface area contributed by atoms with Gasteiger partial charge in [-0.05, 0) is 24.1 Å². The quantitative estimate of drug-likeness (QED) is 0.537. The molecule has 0 aliphatic carbocycles. The highest BCUT2D eigenvalue weighted by atomic mass is 16.5. The fourth-order valence-corrected chi connectivity index (χ4v) is 1.92. The van der Waals surface area contributed by atoms with Crippen LogP contribution in [0.15, 0.2) is 18.2 Å². The molecule has 1 aliphatic heterocycles. The van der Waals surface area contributed by atoms with Crippen LogP contribution in [0.3, 0.4) is 0 Å². The molecule has 0 fully saturated rings. The molecule has 0 bridgehead atoms. The highest BCUT2D eigenvalue weighted by molar-refractivity contribution is 5.82. The molecule has 0 aromatic heterocycles. The minimum absolute atomic E-state index is 0.160. The summed E-state index contributed by atoms with van der Waals surface area (Å²) in [4.78, 5) is 11.5. The zero-order valence-corrected chi connectivity index (χ0v) is 8.62. The highest BCUT2D eigenvalue weighted by Crippen LogP contribution is 2.33. The molecule has 0 saturated carbocycles. The van der Waals surface area contributed by atoms with Crippen molar-refractivity contribution in [2.75, 3.05) is 24.7 Å². The average Bonchev–Trinajstić information content (AvgIpc) is 2.26. The number of rotatable bonds is 1. The van der Waals surface area contributed by atoms with Crippen LogP contribution in [-0.2, 0) is 9.53 Å². The first-order chi connectivity index (χ1) is 7.22. The predicted molar refractivity (Wildman–Crippen MR) is 58.7 cm³/mol. The molecule has 15 heavy (non-hydrogen) atoms. The van der Waals surface area contributed by atoms with E-state index in [-0.39, 0.29) is 11.9 Å². The Morgan fingerprint density at radius 1 is 1.60 bits per heavy atom. The van der Waals surface area contributed by atoms with Gasteiger partial charge in [0.15, 0.2) is 0 Å². The monoisotopic (exact) mass is 206 g/mol. The molecule has 2 rings (SSSR count). The SMILES string of the molecule is COC(=O)[C@@H]1CCNc2cc(N)ccc21. The molecule has 1 aromatic rings. The van der Waals surface area contributed by atoms with Crippen LogP contribution >= 0.6 is 0 Å². The number of nitrogen functional groups attached to an aromatic ring is 1. The van der Waals surface area contributed by atoms with Gasteiger partial charge in [-0.2, -0.15) is 0 Å². The number of hydrogen-bond donors (Lipinski definition) is 2. The molecule has 1 heterocycles. The minimum Gasteiger partial charge on any atom is -0.469 e. The maximum Gasteiger partial charge on any atom is 0.313 e. The number of nitrogens with one attached hydrogen (secondary N) is 1. The molecule has 0 unspecified atom stereocenters. The van der Waals surface area contributed by atoms with Crippen molar-refractivity contribution in [3.05, 3.63) is 23.8 Å². The molecule has 0 saturated heterocycles. The Morgan fingerprint density at radius 3 is 3.13 bits per heavy atom. The molecule has 4 nitrogen and oxygen atoms in total. The maximum absolute atomic E-state index is 11.5. The van der Waals surface area contributed by atoms with Crippen LogP contribution in [0.4, 0.5) is 11.4 Å². The Balaban J connectivity index is 2.38. The van der Waals surface area contributed by atoms with E-state index in [0.717, 1.165) is 24.2 Å². The lowest BCUT2D eigenvalue weighted by atomic mass is 9.91. The Labute approximate surface area is 88.4 Å². The number of methoxy groups -OCH3 is 1. The number of fused-ring (bicyclic) bond motifs is 1. The van der Waals surface area contributed by atoms with E-state index in [4.69, 9.17) is 10.5 Å². The zero-order chi connectivity index (χ0) is 10.8. The van der Waals surface area contributed by atoms with Crippen LogP contribution in [0, 0.1) is 0 Å². The summed E-state index contributed by atoms with van der Waals surface area (Å²) in [6.07, 6.45) is 0.767. The van der Waals surface area contributed by atoms with Gasteiger partial charge < -0.3 is 15.8 Å². The van der Waals surface area contributed by atoms with Gasteiger partial charge in [-0.25, -0.2) is 0 Å². The van der Waals surface area contributed by atoms with E-state index in [0.29, 0.717) is 5.69 Å². The number of ether oxygens (including phenoxy) is 1. The molecule has 80 valence electrons. The van der Waals surface area contributed by atoms with Crippen LogP contribution in [0.5, 0.6) is 0 Å². The first-order valence-electron chi connectivity index (χ1n) is 4.93. The van der Waals surface area contributed by atoms with Gasteiger partial charge >= 0.3 is 5.97 Å². The van der Waals surface area contributed by atoms with Gasteiger partial charge in [-0.1, -0.05) is 6.07 Å². The number of esters is 1. The van der Waals surface area contributed by atoms with E-state index in [9.17, 15) is 4.79 Å². The lowest BCUT2D eigenvalue weighted by Gasteiger charge is -2.25. The van der Waals surface area contributed by atoms with E-state index in [1.165, 1.54) is 7.11 Å². The van der Waals surface area contributed by atoms with Crippen molar-refractivity contribution in [1.82, 2.24) is 0 Å². The zero-order valence-electron chi connectivity index (χ0n) is 8.62. The lowest BCUT2D eigenvalue weighted by Crippen LogP contribution is -2.23. The Kier molecular flexibility index (Phi) is 2.49. The Hall–Kier alpha value is -1.71. The molecule has 0 radical (unpaired) electrons. The molecular weight excluding hydrogens is 192 g/mol. The van der Waals surface area contributed by atoms with Crippen molar-refractivity contribution in [3.8, 4) is 0 Å². The summed E-state index contributed by atoms with van der Waals surface area (Å²) < 4.78 is 4.78. The molecule has 1 aromatic carbocycles.